The van der Waals surface area contributed by atoms with E-state index in [2.05, 4.69) is 5.32 Å². The molecule has 0 spiro atoms. The fourth-order valence-corrected chi connectivity index (χ4v) is 3.36. The summed E-state index contributed by atoms with van der Waals surface area (Å²) >= 11 is 0. The van der Waals surface area contributed by atoms with Gasteiger partial charge in [0, 0.05) is 13.1 Å². The first-order valence-corrected chi connectivity index (χ1v) is 8.04. The molecule has 0 aliphatic carbocycles. The number of carbonyl (C=O) groups excluding carboxylic acids is 1. The fraction of sp³-hybridized carbons (Fsp3) is 0.588. The minimum atomic E-state index is -0.384. The Labute approximate surface area is 142 Å². The second-order valence-corrected chi connectivity index (χ2v) is 6.12. The third kappa shape index (κ3) is 4.03. The highest BCUT2D eigenvalue weighted by Gasteiger charge is 2.25. The number of nitrogens with one attached hydrogen (secondary N) is 1. The Morgan fingerprint density at radius 1 is 1.26 bits per heavy atom. The molecule has 1 N–H and O–H groups in total. The van der Waals surface area contributed by atoms with Gasteiger partial charge in [-0.25, -0.2) is 4.39 Å². The van der Waals surface area contributed by atoms with Crippen LogP contribution in [0, 0.1) is 12.7 Å². The Hall–Kier alpha value is -1.17. The third-order valence-corrected chi connectivity index (χ3v) is 4.63. The Morgan fingerprint density at radius 2 is 1.91 bits per heavy atom. The number of nitrogens with zero attached hydrogens (tertiary/aromatic N) is 1. The molecule has 1 aromatic rings. The molecule has 4 nitrogen and oxygen atoms in total. The van der Waals surface area contributed by atoms with Crippen LogP contribution in [-0.4, -0.2) is 50.2 Å². The molecule has 128 valence electrons. The number of halogens is 2. The number of amides is 1. The third-order valence-electron chi connectivity index (χ3n) is 4.63. The molecule has 0 unspecified atom stereocenters. The monoisotopic (exact) mass is 342 g/mol. The second kappa shape index (κ2) is 8.08. The molecule has 6 heteroatoms. The van der Waals surface area contributed by atoms with E-state index < -0.39 is 0 Å². The number of hydrogen-bond acceptors (Lipinski definition) is 3. The molecule has 2 aliphatic heterocycles. The summed E-state index contributed by atoms with van der Waals surface area (Å²) < 4.78 is 19.8. The summed E-state index contributed by atoms with van der Waals surface area (Å²) in [6.45, 7) is 5.90. The van der Waals surface area contributed by atoms with Crippen molar-refractivity contribution in [3.8, 4) is 0 Å². The van der Waals surface area contributed by atoms with Gasteiger partial charge in [0.05, 0.1) is 18.8 Å². The number of ether oxygens (including phenoxy) is 1. The second-order valence-electron chi connectivity index (χ2n) is 6.12. The zero-order valence-electron chi connectivity index (χ0n) is 13.4. The van der Waals surface area contributed by atoms with Crippen LogP contribution in [0.15, 0.2) is 12.1 Å². The average molecular weight is 343 g/mol. The van der Waals surface area contributed by atoms with Crippen LogP contribution in [0.3, 0.4) is 0 Å². The SMILES string of the molecule is Cc1cc(C2CCNCC2)cc(F)c1C(=O)N1CCOCC1.Cl. The van der Waals surface area contributed by atoms with Gasteiger partial charge < -0.3 is 15.0 Å². The predicted molar refractivity (Wildman–Crippen MR) is 90.0 cm³/mol. The van der Waals surface area contributed by atoms with Crippen molar-refractivity contribution in [3.63, 3.8) is 0 Å². The van der Waals surface area contributed by atoms with E-state index in [0.29, 0.717) is 32.2 Å². The zero-order chi connectivity index (χ0) is 15.5. The number of benzene rings is 1. The predicted octanol–water partition coefficient (Wildman–Crippen LogP) is 2.50. The number of carbonyl (C=O) groups is 1. The van der Waals surface area contributed by atoms with Crippen molar-refractivity contribution in [1.29, 1.82) is 0 Å². The number of hydrogen-bond donors (Lipinski definition) is 1. The zero-order valence-corrected chi connectivity index (χ0v) is 14.3. The molecule has 1 amide bonds. The fourth-order valence-electron chi connectivity index (χ4n) is 3.36. The van der Waals surface area contributed by atoms with E-state index in [4.69, 9.17) is 4.74 Å². The van der Waals surface area contributed by atoms with Gasteiger partial charge in [-0.1, -0.05) is 6.07 Å². The van der Waals surface area contributed by atoms with E-state index in [9.17, 15) is 9.18 Å². The number of piperidine rings is 1. The lowest BCUT2D eigenvalue weighted by atomic mass is 9.88. The van der Waals surface area contributed by atoms with Gasteiger partial charge in [0.25, 0.3) is 5.91 Å². The quantitative estimate of drug-likeness (QED) is 0.898. The average Bonchev–Trinajstić information content (AvgIpc) is 2.55. The van der Waals surface area contributed by atoms with E-state index in [0.717, 1.165) is 37.1 Å². The van der Waals surface area contributed by atoms with Crippen LogP contribution < -0.4 is 5.32 Å². The highest BCUT2D eigenvalue weighted by atomic mass is 35.5. The lowest BCUT2D eigenvalue weighted by Gasteiger charge is -2.28. The molecule has 0 atom stereocenters. The molecule has 23 heavy (non-hydrogen) atoms. The molecule has 0 aromatic heterocycles. The topological polar surface area (TPSA) is 41.6 Å². The van der Waals surface area contributed by atoms with Gasteiger partial charge in [0.1, 0.15) is 5.82 Å². The van der Waals surface area contributed by atoms with E-state index in [-0.39, 0.29) is 29.7 Å². The van der Waals surface area contributed by atoms with Crippen molar-refractivity contribution in [2.24, 2.45) is 0 Å². The van der Waals surface area contributed by atoms with Crippen molar-refractivity contribution in [2.75, 3.05) is 39.4 Å². The minimum absolute atomic E-state index is 0. The highest BCUT2D eigenvalue weighted by molar-refractivity contribution is 5.96. The summed E-state index contributed by atoms with van der Waals surface area (Å²) in [7, 11) is 0. The summed E-state index contributed by atoms with van der Waals surface area (Å²) in [5, 5.41) is 3.32. The van der Waals surface area contributed by atoms with E-state index in [1.165, 1.54) is 0 Å². The van der Waals surface area contributed by atoms with Gasteiger partial charge in [-0.3, -0.25) is 4.79 Å². The molecular formula is C17H24ClFN2O2. The molecule has 0 radical (unpaired) electrons. The van der Waals surface area contributed by atoms with Crippen LogP contribution in [0.1, 0.15) is 40.2 Å². The van der Waals surface area contributed by atoms with Crippen LogP contribution in [0.5, 0.6) is 0 Å². The Balaban J connectivity index is 0.00000192. The maximum Gasteiger partial charge on any atom is 0.257 e. The van der Waals surface area contributed by atoms with Gasteiger partial charge in [-0.05, 0) is 56.0 Å². The summed E-state index contributed by atoms with van der Waals surface area (Å²) in [5.74, 6) is -0.206. The van der Waals surface area contributed by atoms with E-state index in [1.54, 1.807) is 11.0 Å². The first-order chi connectivity index (χ1) is 10.7. The normalized spacial score (nSPS) is 19.3. The Morgan fingerprint density at radius 3 is 2.52 bits per heavy atom. The van der Waals surface area contributed by atoms with Gasteiger partial charge in [-0.15, -0.1) is 12.4 Å². The van der Waals surface area contributed by atoms with Gasteiger partial charge >= 0.3 is 0 Å². The van der Waals surface area contributed by atoms with E-state index >= 15 is 0 Å². The number of rotatable bonds is 2. The smallest absolute Gasteiger partial charge is 0.257 e. The van der Waals surface area contributed by atoms with Crippen LogP contribution >= 0.6 is 12.4 Å². The molecule has 1 aromatic carbocycles. The van der Waals surface area contributed by atoms with E-state index in [1.807, 2.05) is 13.0 Å². The maximum atomic E-state index is 14.6. The Kier molecular flexibility index (Phi) is 6.39. The summed E-state index contributed by atoms with van der Waals surface area (Å²) in [6.07, 6.45) is 2.05. The molecule has 0 bridgehead atoms. The molecular weight excluding hydrogens is 319 g/mol. The summed E-state index contributed by atoms with van der Waals surface area (Å²) in [6, 6.07) is 3.56. The molecule has 2 saturated heterocycles. The number of aryl methyl sites for hydroxylation is 1. The van der Waals surface area contributed by atoms with Crippen molar-refractivity contribution < 1.29 is 13.9 Å². The van der Waals surface area contributed by atoms with Crippen LogP contribution in [0.25, 0.3) is 0 Å². The first kappa shape index (κ1) is 18.2. The standard InChI is InChI=1S/C17H23FN2O2.ClH/c1-12-10-14(13-2-4-19-5-3-13)11-15(18)16(12)17(21)20-6-8-22-9-7-20;/h10-11,13,19H,2-9H2,1H3;1H. The molecule has 2 aliphatic rings. The van der Waals surface area contributed by atoms with Crippen LogP contribution in [-0.2, 0) is 4.74 Å². The van der Waals surface area contributed by atoms with Crippen LogP contribution in [0.2, 0.25) is 0 Å². The molecule has 0 saturated carbocycles. The lowest BCUT2D eigenvalue weighted by Crippen LogP contribution is -2.41. The van der Waals surface area contributed by atoms with Crippen molar-refractivity contribution in [1.82, 2.24) is 10.2 Å². The van der Waals surface area contributed by atoms with Crippen LogP contribution in [0.4, 0.5) is 4.39 Å². The molecule has 2 heterocycles. The van der Waals surface area contributed by atoms with Crippen molar-refractivity contribution >= 4 is 18.3 Å². The highest BCUT2D eigenvalue weighted by Crippen LogP contribution is 2.29. The summed E-state index contributed by atoms with van der Waals surface area (Å²) in [4.78, 5) is 14.2. The maximum absolute atomic E-state index is 14.6. The Bertz CT molecular complexity index is 533. The largest absolute Gasteiger partial charge is 0.378 e. The minimum Gasteiger partial charge on any atom is -0.378 e. The number of morpholine rings is 1. The van der Waals surface area contributed by atoms with Gasteiger partial charge in [-0.2, -0.15) is 0 Å². The molecule has 3 rings (SSSR count). The van der Waals surface area contributed by atoms with Gasteiger partial charge in [0.15, 0.2) is 0 Å². The van der Waals surface area contributed by atoms with Crippen molar-refractivity contribution in [3.05, 3.63) is 34.6 Å². The summed E-state index contributed by atoms with van der Waals surface area (Å²) in [5.41, 5.74) is 1.99. The van der Waals surface area contributed by atoms with Gasteiger partial charge in [0.2, 0.25) is 0 Å². The van der Waals surface area contributed by atoms with Crippen molar-refractivity contribution in [2.45, 2.75) is 25.7 Å². The lowest BCUT2D eigenvalue weighted by molar-refractivity contribution is 0.0299. The molecule has 2 fully saturated rings. The first-order valence-electron chi connectivity index (χ1n) is 8.04.